The smallest absolute Gasteiger partial charge is 0.0386 e. The monoisotopic (exact) mass is 266 g/mol. The Kier molecular flexibility index (Phi) is 10.6. The lowest BCUT2D eigenvalue weighted by molar-refractivity contribution is 0.283. The summed E-state index contributed by atoms with van der Waals surface area (Å²) in [7, 11) is 0. The topological polar surface area (TPSA) is 0 Å². The lowest BCUT2D eigenvalue weighted by atomic mass is 9.83. The number of rotatable bonds is 12. The molecule has 0 saturated heterocycles. The summed E-state index contributed by atoms with van der Waals surface area (Å²) in [6, 6.07) is 0. The van der Waals surface area contributed by atoms with Gasteiger partial charge in [0.15, 0.2) is 0 Å². The first kappa shape index (κ1) is 17.1. The highest BCUT2D eigenvalue weighted by Gasteiger charge is 2.23. The fraction of sp³-hybridized carbons (Fsp3) is 1.00. The summed E-state index contributed by atoms with van der Waals surface area (Å²) in [6.45, 7) is 4.65. The van der Waals surface area contributed by atoms with Crippen LogP contribution in [0.15, 0.2) is 0 Å². The van der Waals surface area contributed by atoms with Crippen LogP contribution < -0.4 is 0 Å². The highest BCUT2D eigenvalue weighted by atomic mass is 14.3. The van der Waals surface area contributed by atoms with Gasteiger partial charge in [-0.3, -0.25) is 0 Å². The molecule has 0 aliphatic heterocycles. The normalized spacial score (nSPS) is 18.0. The van der Waals surface area contributed by atoms with Crippen LogP contribution >= 0.6 is 0 Å². The van der Waals surface area contributed by atoms with Crippen LogP contribution in [0.5, 0.6) is 0 Å². The largest absolute Gasteiger partial charge is 0.0654 e. The van der Waals surface area contributed by atoms with Gasteiger partial charge in [0, 0.05) is 0 Å². The molecular weight excluding hydrogens is 228 g/mol. The average Bonchev–Trinajstić information content (AvgIpc) is 2.95. The third-order valence-corrected chi connectivity index (χ3v) is 5.17. The molecular formula is C19H38. The first-order valence-corrected chi connectivity index (χ1v) is 9.38. The lowest BCUT2D eigenvalue weighted by Gasteiger charge is -2.23. The third kappa shape index (κ3) is 8.00. The zero-order valence-corrected chi connectivity index (χ0v) is 13.8. The van der Waals surface area contributed by atoms with Crippen LogP contribution in [-0.4, -0.2) is 0 Å². The highest BCUT2D eigenvalue weighted by Crippen LogP contribution is 2.36. The van der Waals surface area contributed by atoms with Crippen molar-refractivity contribution in [2.45, 2.75) is 110 Å². The first-order chi connectivity index (χ1) is 9.38. The van der Waals surface area contributed by atoms with Crippen molar-refractivity contribution in [3.8, 4) is 0 Å². The van der Waals surface area contributed by atoms with Crippen LogP contribution in [0, 0.1) is 11.8 Å². The van der Waals surface area contributed by atoms with Gasteiger partial charge in [-0.15, -0.1) is 0 Å². The molecule has 1 saturated carbocycles. The van der Waals surface area contributed by atoms with Crippen molar-refractivity contribution in [1.82, 2.24) is 0 Å². The molecule has 1 rings (SSSR count). The van der Waals surface area contributed by atoms with E-state index in [2.05, 4.69) is 13.8 Å². The lowest BCUT2D eigenvalue weighted by Crippen LogP contribution is -2.11. The zero-order valence-electron chi connectivity index (χ0n) is 13.8. The van der Waals surface area contributed by atoms with Gasteiger partial charge in [-0.2, -0.15) is 0 Å². The van der Waals surface area contributed by atoms with Gasteiger partial charge in [0.25, 0.3) is 0 Å². The van der Waals surface area contributed by atoms with Crippen LogP contribution in [0.25, 0.3) is 0 Å². The predicted molar refractivity (Wildman–Crippen MR) is 87.6 cm³/mol. The second kappa shape index (κ2) is 11.8. The molecule has 1 aliphatic rings. The third-order valence-electron chi connectivity index (χ3n) is 5.17. The van der Waals surface area contributed by atoms with Crippen LogP contribution in [-0.2, 0) is 0 Å². The second-order valence-corrected chi connectivity index (χ2v) is 6.86. The van der Waals surface area contributed by atoms with Gasteiger partial charge in [0.2, 0.25) is 0 Å². The van der Waals surface area contributed by atoms with E-state index in [1.54, 1.807) is 19.3 Å². The summed E-state index contributed by atoms with van der Waals surface area (Å²) >= 11 is 0. The fourth-order valence-corrected chi connectivity index (χ4v) is 3.87. The van der Waals surface area contributed by atoms with Crippen molar-refractivity contribution >= 4 is 0 Å². The summed E-state index contributed by atoms with van der Waals surface area (Å²) in [4.78, 5) is 0. The van der Waals surface area contributed by atoms with E-state index in [9.17, 15) is 0 Å². The molecule has 0 aromatic heterocycles. The number of unbranched alkanes of at least 4 members (excludes halogenated alkanes) is 7. The predicted octanol–water partition coefficient (Wildman–Crippen LogP) is 7.12. The fourth-order valence-electron chi connectivity index (χ4n) is 3.87. The average molecular weight is 267 g/mol. The van der Waals surface area contributed by atoms with Gasteiger partial charge >= 0.3 is 0 Å². The molecule has 1 atom stereocenters. The molecule has 0 nitrogen and oxygen atoms in total. The van der Waals surface area contributed by atoms with E-state index in [1.807, 2.05) is 0 Å². The number of hydrogen-bond donors (Lipinski definition) is 0. The van der Waals surface area contributed by atoms with E-state index in [1.165, 1.54) is 77.0 Å². The molecule has 1 fully saturated rings. The molecule has 0 spiro atoms. The summed E-state index contributed by atoms with van der Waals surface area (Å²) in [6.07, 6.45) is 22.3. The Balaban J connectivity index is 2.06. The van der Waals surface area contributed by atoms with Crippen LogP contribution in [0.1, 0.15) is 110 Å². The van der Waals surface area contributed by atoms with E-state index in [0.29, 0.717) is 0 Å². The van der Waals surface area contributed by atoms with Gasteiger partial charge < -0.3 is 0 Å². The van der Waals surface area contributed by atoms with Gasteiger partial charge in [-0.25, -0.2) is 0 Å². The maximum atomic E-state index is 2.35. The number of hydrogen-bond acceptors (Lipinski definition) is 0. The Morgan fingerprint density at radius 2 is 1.21 bits per heavy atom. The van der Waals surface area contributed by atoms with Gasteiger partial charge in [-0.1, -0.05) is 110 Å². The van der Waals surface area contributed by atoms with Crippen LogP contribution in [0.4, 0.5) is 0 Å². The van der Waals surface area contributed by atoms with Gasteiger partial charge in [0.05, 0.1) is 0 Å². The van der Waals surface area contributed by atoms with Crippen molar-refractivity contribution in [1.29, 1.82) is 0 Å². The van der Waals surface area contributed by atoms with Gasteiger partial charge in [-0.05, 0) is 11.8 Å². The molecule has 0 radical (unpaired) electrons. The maximum absolute atomic E-state index is 2.35. The standard InChI is InChI=1S/C19H38/c1-3-5-7-8-9-10-11-15-18(14-6-4-2)19-16-12-13-17-19/h18-19H,3-17H2,1-2H3. The molecule has 19 heavy (non-hydrogen) atoms. The maximum Gasteiger partial charge on any atom is -0.0386 e. The minimum Gasteiger partial charge on any atom is -0.0654 e. The Morgan fingerprint density at radius 3 is 1.84 bits per heavy atom. The van der Waals surface area contributed by atoms with Crippen molar-refractivity contribution in [3.05, 3.63) is 0 Å². The quantitative estimate of drug-likeness (QED) is 0.330. The van der Waals surface area contributed by atoms with E-state index >= 15 is 0 Å². The van der Waals surface area contributed by atoms with Crippen LogP contribution in [0.2, 0.25) is 0 Å². The summed E-state index contributed by atoms with van der Waals surface area (Å²) in [5.41, 5.74) is 0. The van der Waals surface area contributed by atoms with E-state index in [0.717, 1.165) is 11.8 Å². The molecule has 0 amide bonds. The second-order valence-electron chi connectivity index (χ2n) is 6.86. The highest BCUT2D eigenvalue weighted by molar-refractivity contribution is 4.75. The summed E-state index contributed by atoms with van der Waals surface area (Å²) in [5, 5.41) is 0. The van der Waals surface area contributed by atoms with E-state index < -0.39 is 0 Å². The first-order valence-electron chi connectivity index (χ1n) is 9.38. The Morgan fingerprint density at radius 1 is 0.684 bits per heavy atom. The SMILES string of the molecule is CCCCCCCCCC(CCCC)C1CCCC1. The van der Waals surface area contributed by atoms with Gasteiger partial charge in [0.1, 0.15) is 0 Å². The van der Waals surface area contributed by atoms with Crippen molar-refractivity contribution in [3.63, 3.8) is 0 Å². The molecule has 0 N–H and O–H groups in total. The van der Waals surface area contributed by atoms with E-state index in [-0.39, 0.29) is 0 Å². The molecule has 1 aliphatic carbocycles. The summed E-state index contributed by atoms with van der Waals surface area (Å²) in [5.74, 6) is 2.18. The Labute approximate surface area is 122 Å². The molecule has 0 aromatic carbocycles. The molecule has 0 heterocycles. The van der Waals surface area contributed by atoms with Crippen molar-refractivity contribution < 1.29 is 0 Å². The van der Waals surface area contributed by atoms with Crippen LogP contribution in [0.3, 0.4) is 0 Å². The molecule has 114 valence electrons. The minimum absolute atomic E-state index is 1.08. The van der Waals surface area contributed by atoms with Crippen molar-refractivity contribution in [2.24, 2.45) is 11.8 Å². The Hall–Kier alpha value is 0. The molecule has 0 aromatic rings. The minimum atomic E-state index is 1.08. The molecule has 0 bridgehead atoms. The zero-order chi connectivity index (χ0) is 13.8. The van der Waals surface area contributed by atoms with Crippen molar-refractivity contribution in [2.75, 3.05) is 0 Å². The Bertz CT molecular complexity index is 178. The molecule has 0 heteroatoms. The summed E-state index contributed by atoms with van der Waals surface area (Å²) < 4.78 is 0. The molecule has 1 unspecified atom stereocenters. The van der Waals surface area contributed by atoms with E-state index in [4.69, 9.17) is 0 Å².